The molecule has 8 fully saturated rings. The zero-order valence-corrected chi connectivity index (χ0v) is 68.4. The molecule has 8 aliphatic rings. The lowest BCUT2D eigenvalue weighted by atomic mass is 9.43. The highest BCUT2D eigenvalue weighted by Gasteiger charge is 2.69. The van der Waals surface area contributed by atoms with E-state index >= 15 is 0 Å². The van der Waals surface area contributed by atoms with Crippen molar-refractivity contribution >= 4 is 99.3 Å². The van der Waals surface area contributed by atoms with Gasteiger partial charge in [0, 0.05) is 50.5 Å². The predicted molar refractivity (Wildman–Crippen MR) is 430 cm³/mol. The van der Waals surface area contributed by atoms with Crippen LogP contribution in [0.15, 0.2) is 0 Å². The molecule has 21 heteroatoms. The highest BCUT2D eigenvalue weighted by molar-refractivity contribution is 5.86. The lowest BCUT2D eigenvalue weighted by Gasteiger charge is -2.65. The van der Waals surface area contributed by atoms with Gasteiger partial charge >= 0.3 is 0 Å². The maximum absolute atomic E-state index is 7.03. The molecule has 8 rings (SSSR count). The lowest BCUT2D eigenvalue weighted by molar-refractivity contribution is -0.227. The van der Waals surface area contributed by atoms with Crippen molar-refractivity contribution in [3.63, 3.8) is 0 Å². The Morgan fingerprint density at radius 3 is 1.09 bits per heavy atom. The van der Waals surface area contributed by atoms with Gasteiger partial charge in [-0.1, -0.05) is 114 Å². The molecule has 0 aromatic heterocycles. The number of halogens is 8. The molecule has 0 aliphatic heterocycles. The Morgan fingerprint density at radius 2 is 0.711 bits per heavy atom. The molecule has 97 heavy (non-hydrogen) atoms. The molecule has 13 N–H and O–H groups in total. The molecule has 4 unspecified atom stereocenters. The minimum Gasteiger partial charge on any atom is -0.378 e. The number of hydrogen-bond donors (Lipinski definition) is 7. The molecule has 0 amide bonds. The van der Waals surface area contributed by atoms with Gasteiger partial charge in [0.25, 0.3) is 0 Å². The molecule has 0 aromatic carbocycles. The maximum Gasteiger partial charge on any atom is 0.0637 e. The van der Waals surface area contributed by atoms with Crippen molar-refractivity contribution in [2.75, 3.05) is 92.0 Å². The highest BCUT2D eigenvalue weighted by atomic mass is 35.5. The summed E-state index contributed by atoms with van der Waals surface area (Å²) in [4.78, 5) is 0. The van der Waals surface area contributed by atoms with Crippen molar-refractivity contribution in [3.8, 4) is 0 Å². The van der Waals surface area contributed by atoms with E-state index in [1.807, 2.05) is 0 Å². The first-order valence-electron chi connectivity index (χ1n) is 38.3. The number of nitrogens with two attached hydrogens (primary N) is 6. The minimum absolute atomic E-state index is 0. The first-order valence-corrected chi connectivity index (χ1v) is 38.3. The van der Waals surface area contributed by atoms with E-state index in [1.165, 1.54) is 161 Å². The van der Waals surface area contributed by atoms with Crippen LogP contribution in [0.4, 0.5) is 0 Å². The van der Waals surface area contributed by atoms with Crippen LogP contribution in [0.2, 0.25) is 0 Å². The van der Waals surface area contributed by atoms with E-state index in [9.17, 15) is 0 Å². The maximum atomic E-state index is 7.03. The van der Waals surface area contributed by atoms with Crippen molar-refractivity contribution in [3.05, 3.63) is 0 Å². The van der Waals surface area contributed by atoms with Gasteiger partial charge in [0.15, 0.2) is 0 Å². The largest absolute Gasteiger partial charge is 0.378 e. The Kier molecular flexibility index (Phi) is 56.0. The summed E-state index contributed by atoms with van der Waals surface area (Å²) >= 11 is 0. The van der Waals surface area contributed by atoms with Crippen LogP contribution in [-0.4, -0.2) is 129 Å². The highest BCUT2D eigenvalue weighted by Crippen LogP contribution is 2.71. The van der Waals surface area contributed by atoms with Crippen LogP contribution >= 0.6 is 99.3 Å². The fourth-order valence-corrected chi connectivity index (χ4v) is 21.8. The van der Waals surface area contributed by atoms with Gasteiger partial charge in [-0.25, -0.2) is 0 Å². The van der Waals surface area contributed by atoms with E-state index < -0.39 is 0 Å². The van der Waals surface area contributed by atoms with E-state index in [0.29, 0.717) is 146 Å². The van der Waals surface area contributed by atoms with Crippen LogP contribution in [0.5, 0.6) is 0 Å². The molecule has 13 nitrogen and oxygen atoms in total. The van der Waals surface area contributed by atoms with E-state index in [4.69, 9.17) is 62.8 Å². The van der Waals surface area contributed by atoms with Crippen LogP contribution in [0.3, 0.4) is 0 Å². The van der Waals surface area contributed by atoms with Crippen LogP contribution in [0.1, 0.15) is 262 Å². The minimum atomic E-state index is 0. The molecule has 0 bridgehead atoms. The van der Waals surface area contributed by atoms with Crippen molar-refractivity contribution < 1.29 is 28.4 Å². The third-order valence-corrected chi connectivity index (χ3v) is 26.7. The second kappa shape index (κ2) is 52.8. The molecule has 0 aromatic rings. The van der Waals surface area contributed by atoms with Gasteiger partial charge in [-0.2, -0.15) is 0 Å². The van der Waals surface area contributed by atoms with Gasteiger partial charge in [-0.15, -0.1) is 99.3 Å². The topological polar surface area (TPSA) is 224 Å². The van der Waals surface area contributed by atoms with E-state index in [-0.39, 0.29) is 118 Å². The van der Waals surface area contributed by atoms with E-state index in [2.05, 4.69) is 60.7 Å². The van der Waals surface area contributed by atoms with Crippen LogP contribution < -0.4 is 39.7 Å². The molecule has 0 radical (unpaired) electrons. The summed E-state index contributed by atoms with van der Waals surface area (Å²) in [6.45, 7) is 31.6. The van der Waals surface area contributed by atoms with Crippen molar-refractivity contribution in [2.24, 2.45) is 127 Å². The summed E-state index contributed by atoms with van der Waals surface area (Å²) in [5, 5.41) is 3.77. The van der Waals surface area contributed by atoms with Crippen molar-refractivity contribution in [2.45, 2.75) is 298 Å². The fraction of sp³-hybridized carbons (Fsp3) is 1.00. The summed E-state index contributed by atoms with van der Waals surface area (Å²) in [6.07, 6.45) is 39.7. The molecular weight excluding hydrogens is 1390 g/mol. The van der Waals surface area contributed by atoms with Crippen molar-refractivity contribution in [1.29, 1.82) is 0 Å². The first kappa shape index (κ1) is 103. The summed E-state index contributed by atoms with van der Waals surface area (Å²) in [5.41, 5.74) is 36.4. The van der Waals surface area contributed by atoms with Gasteiger partial charge in [0.05, 0.1) is 36.6 Å². The quantitative estimate of drug-likeness (QED) is 0.0284. The first-order chi connectivity index (χ1) is 42.7. The molecule has 588 valence electrons. The second-order valence-electron chi connectivity index (χ2n) is 31.7. The Bertz CT molecular complexity index is 1930. The molecule has 22 atom stereocenters. The number of ether oxygens (including phenoxy) is 6. The van der Waals surface area contributed by atoms with E-state index in [1.54, 1.807) is 0 Å². The van der Waals surface area contributed by atoms with Crippen LogP contribution in [-0.2, 0) is 28.4 Å². The molecule has 0 heterocycles. The molecule has 0 spiro atoms. The Morgan fingerprint density at radius 1 is 0.371 bits per heavy atom. The average Bonchev–Trinajstić information content (AvgIpc) is 1.69. The number of unbranched alkanes of at least 4 members (excludes halogenated alkanes) is 6. The Balaban J connectivity index is -0.00000169. The predicted octanol–water partition coefficient (Wildman–Crippen LogP) is 17.3. The third kappa shape index (κ3) is 26.0. The summed E-state index contributed by atoms with van der Waals surface area (Å²) in [7, 11) is 0. The standard InChI is InChI=1S/C41H80N4O3.C34H65N3O3.CH4.8ClH/c1-5-6-7-8-9-10-23-45-24-11-15-31(2)34-16-17-35-39-36(30-38(41(34,35)4)48-27-14-22-44)40(3)19-18-33(46-25-12-20-42)28-32(40)29-37(39)47-26-13-21-43;1-5-6-10-24(2)27-11-12-28-32-29(23-31(34(27,28)4)40-20-9-17-37)33(3)14-13-26(38-18-7-15-35)21-25(33)22-30(32)39-19-8-16-36;;;;;;;;;/h31-39,45H,5-30,42-44H2,1-4H3;24-32H,5-23,35-37H2,1-4H3;1H4;8*1H/t31-,32?,33-,34-,35+,36+,37-,38+,39?,40+,41-;24-,25?,26-,27-,28+,29+,30-,31+,32?,33+,34-;;;;;;;;;/m11........./s1. The normalized spacial score (nSPS) is 35.4. The van der Waals surface area contributed by atoms with Gasteiger partial charge < -0.3 is 68.1 Å². The van der Waals surface area contributed by atoms with Gasteiger partial charge in [0.1, 0.15) is 0 Å². The van der Waals surface area contributed by atoms with Gasteiger partial charge in [0.2, 0.25) is 0 Å². The number of nitrogens with one attached hydrogen (secondary N) is 1. The van der Waals surface area contributed by atoms with Gasteiger partial charge in [-0.3, -0.25) is 0 Å². The fourth-order valence-electron chi connectivity index (χ4n) is 21.8. The Hall–Kier alpha value is 1.80. The van der Waals surface area contributed by atoms with Crippen LogP contribution in [0, 0.1) is 92.7 Å². The molecular formula is C76H157Cl8N7O6. The Labute approximate surface area is 646 Å². The smallest absolute Gasteiger partial charge is 0.0637 e. The van der Waals surface area contributed by atoms with Crippen LogP contribution in [0.25, 0.3) is 0 Å². The van der Waals surface area contributed by atoms with E-state index in [0.717, 1.165) is 103 Å². The summed E-state index contributed by atoms with van der Waals surface area (Å²) in [5.74, 6) is 7.98. The lowest BCUT2D eigenvalue weighted by Crippen LogP contribution is -2.63. The molecule has 8 aliphatic carbocycles. The average molecular weight is 1550 g/mol. The SMILES string of the molecule is C.CCCCCCCCNCCC[C@@H](C)[C@H]1CC[C@H]2C3[C@H](OCCCN)CC4C[C@H](OCCCN)CC[C@]4(C)[C@H]3C[C@H](OCCCN)[C@]12C.CCCC[C@@H](C)[C@H]1CC[C@H]2C3[C@H](OCCCN)CC4C[C@H](OCCCN)CC[C@]4(C)[C@H]3C[C@H](OCCCN)[C@]12C.Cl.Cl.Cl.Cl.Cl.Cl.Cl.Cl. The molecule has 8 saturated carbocycles. The van der Waals surface area contributed by atoms with Crippen molar-refractivity contribution in [1.82, 2.24) is 5.32 Å². The zero-order valence-electron chi connectivity index (χ0n) is 61.9. The number of rotatable bonds is 40. The molecule has 0 saturated heterocycles. The summed E-state index contributed by atoms with van der Waals surface area (Å²) in [6, 6.07) is 0. The third-order valence-electron chi connectivity index (χ3n) is 26.7. The van der Waals surface area contributed by atoms with Gasteiger partial charge in [-0.05, 0) is 282 Å². The second-order valence-corrected chi connectivity index (χ2v) is 31.7. The zero-order chi connectivity index (χ0) is 63.2. The monoisotopic (exact) mass is 1540 g/mol. The number of fused-ring (bicyclic) bond motifs is 10. The number of hydrogen-bond acceptors (Lipinski definition) is 13. The summed E-state index contributed by atoms with van der Waals surface area (Å²) < 4.78 is 40.5.